The minimum absolute atomic E-state index is 0.0595. The Hall–Kier alpha value is -0.290. The first kappa shape index (κ1) is 10.6. The first-order chi connectivity index (χ1) is 7.90. The van der Waals surface area contributed by atoms with E-state index in [1.807, 2.05) is 18.2 Å². The summed E-state index contributed by atoms with van der Waals surface area (Å²) in [5.41, 5.74) is 1.51. The number of fused-ring (bicyclic) bond motifs is 8. The van der Waals surface area contributed by atoms with Crippen molar-refractivity contribution >= 4 is 33.0 Å². The molecule has 3 heterocycles. The third-order valence-corrected chi connectivity index (χ3v) is 7.43. The van der Waals surface area contributed by atoms with E-state index in [0.717, 1.165) is 5.56 Å². The number of halogens is 2. The topological polar surface area (TPSA) is 43.4 Å². The van der Waals surface area contributed by atoms with Gasteiger partial charge in [-0.05, 0) is 0 Å². The molecule has 2 saturated heterocycles. The SMILES string of the molecule is O=S1(=O)CC2C1C1(Cl)OC2(Cl)c2ccccc21. The van der Waals surface area contributed by atoms with Crippen LogP contribution in [0.2, 0.25) is 0 Å². The van der Waals surface area contributed by atoms with Crippen molar-refractivity contribution in [1.82, 2.24) is 0 Å². The summed E-state index contributed by atoms with van der Waals surface area (Å²) in [5.74, 6) is -0.175. The van der Waals surface area contributed by atoms with Gasteiger partial charge < -0.3 is 4.74 Å². The molecule has 17 heavy (non-hydrogen) atoms. The highest BCUT2D eigenvalue weighted by molar-refractivity contribution is 7.93. The minimum Gasteiger partial charge on any atom is -0.328 e. The molecule has 3 aliphatic heterocycles. The average molecular weight is 291 g/mol. The van der Waals surface area contributed by atoms with Gasteiger partial charge in [0.2, 0.25) is 0 Å². The fraction of sp³-hybridized carbons (Fsp3) is 0.455. The predicted octanol–water partition coefficient (Wildman–Crippen LogP) is 1.93. The number of hydrogen-bond donors (Lipinski definition) is 0. The van der Waals surface area contributed by atoms with Crippen LogP contribution in [0, 0.1) is 5.92 Å². The van der Waals surface area contributed by atoms with Gasteiger partial charge in [0.05, 0.1) is 5.75 Å². The highest BCUT2D eigenvalue weighted by Gasteiger charge is 2.78. The Balaban J connectivity index is 2.05. The van der Waals surface area contributed by atoms with E-state index in [4.69, 9.17) is 27.9 Å². The quantitative estimate of drug-likeness (QED) is 0.686. The van der Waals surface area contributed by atoms with Crippen LogP contribution in [0.3, 0.4) is 0 Å². The summed E-state index contributed by atoms with van der Waals surface area (Å²) in [6.45, 7) is 0. The lowest BCUT2D eigenvalue weighted by Gasteiger charge is -2.42. The van der Waals surface area contributed by atoms with E-state index in [1.165, 1.54) is 0 Å². The Labute approximate surface area is 109 Å². The van der Waals surface area contributed by atoms with Crippen molar-refractivity contribution in [3.8, 4) is 0 Å². The number of hydrogen-bond acceptors (Lipinski definition) is 3. The molecule has 2 bridgehead atoms. The molecule has 2 fully saturated rings. The first-order valence-corrected chi connectivity index (χ1v) is 7.76. The zero-order valence-electron chi connectivity index (χ0n) is 8.56. The summed E-state index contributed by atoms with van der Waals surface area (Å²) in [6.07, 6.45) is 0. The van der Waals surface area contributed by atoms with Crippen LogP contribution >= 0.6 is 23.2 Å². The second-order valence-electron chi connectivity index (χ2n) is 4.79. The van der Waals surface area contributed by atoms with E-state index in [-0.39, 0.29) is 11.7 Å². The van der Waals surface area contributed by atoms with Gasteiger partial charge in [-0.1, -0.05) is 47.5 Å². The van der Waals surface area contributed by atoms with E-state index in [1.54, 1.807) is 6.07 Å². The molecule has 0 saturated carbocycles. The van der Waals surface area contributed by atoms with Gasteiger partial charge in [-0.3, -0.25) is 0 Å². The largest absolute Gasteiger partial charge is 0.328 e. The van der Waals surface area contributed by atoms with Gasteiger partial charge in [0.25, 0.3) is 0 Å². The maximum absolute atomic E-state index is 11.8. The molecule has 1 aromatic rings. The van der Waals surface area contributed by atoms with Crippen molar-refractivity contribution in [2.45, 2.75) is 15.4 Å². The molecular formula is C11H8Cl2O3S. The van der Waals surface area contributed by atoms with Gasteiger partial charge >= 0.3 is 0 Å². The molecule has 4 atom stereocenters. The van der Waals surface area contributed by atoms with Gasteiger partial charge in [-0.2, -0.15) is 0 Å². The maximum atomic E-state index is 11.8. The van der Waals surface area contributed by atoms with Crippen LogP contribution in [0.4, 0.5) is 0 Å². The number of sulfone groups is 1. The fourth-order valence-corrected chi connectivity index (χ4v) is 6.99. The molecule has 3 nitrogen and oxygen atoms in total. The van der Waals surface area contributed by atoms with Gasteiger partial charge in [0.1, 0.15) is 5.25 Å². The Kier molecular flexibility index (Phi) is 1.66. The van der Waals surface area contributed by atoms with Crippen LogP contribution in [0.1, 0.15) is 11.1 Å². The minimum atomic E-state index is -3.17. The number of alkyl halides is 2. The standard InChI is InChI=1S/C11H8Cl2O3S/c12-10-6-3-1-2-4-7(6)11(13,16-10)9-8(10)5-17(9,14)15/h1-4,8-9H,5H2. The lowest BCUT2D eigenvalue weighted by atomic mass is 9.83. The Morgan fingerprint density at radius 2 is 1.76 bits per heavy atom. The van der Waals surface area contributed by atoms with Crippen molar-refractivity contribution in [2.75, 3.05) is 5.75 Å². The molecule has 6 heteroatoms. The average Bonchev–Trinajstić information content (AvgIpc) is 2.58. The lowest BCUT2D eigenvalue weighted by molar-refractivity contribution is 0.00565. The molecule has 0 N–H and O–H groups in total. The maximum Gasteiger partial charge on any atom is 0.187 e. The summed E-state index contributed by atoms with van der Waals surface area (Å²) in [5, 5.41) is -3.06. The molecule has 4 unspecified atom stereocenters. The molecule has 0 aliphatic carbocycles. The van der Waals surface area contributed by atoms with E-state index in [0.29, 0.717) is 5.56 Å². The second-order valence-corrected chi connectivity index (χ2v) is 8.08. The first-order valence-electron chi connectivity index (χ1n) is 5.29. The summed E-state index contributed by atoms with van der Waals surface area (Å²) in [6, 6.07) is 7.31. The summed E-state index contributed by atoms with van der Waals surface area (Å²) in [7, 11) is -3.17. The van der Waals surface area contributed by atoms with Gasteiger partial charge in [-0.25, -0.2) is 8.42 Å². The third-order valence-electron chi connectivity index (χ3n) is 3.97. The predicted molar refractivity (Wildman–Crippen MR) is 63.7 cm³/mol. The number of rotatable bonds is 0. The van der Waals surface area contributed by atoms with Crippen LogP contribution in [-0.4, -0.2) is 19.4 Å². The van der Waals surface area contributed by atoms with Crippen molar-refractivity contribution < 1.29 is 13.2 Å². The molecule has 0 radical (unpaired) electrons. The highest BCUT2D eigenvalue weighted by atomic mass is 35.5. The van der Waals surface area contributed by atoms with Gasteiger partial charge in [0.15, 0.2) is 20.0 Å². The molecule has 0 aromatic heterocycles. The molecular weight excluding hydrogens is 283 g/mol. The summed E-state index contributed by atoms with van der Waals surface area (Å²) in [4.78, 5) is 0. The van der Waals surface area contributed by atoms with Crippen LogP contribution in [0.15, 0.2) is 24.3 Å². The van der Waals surface area contributed by atoms with Crippen LogP contribution in [-0.2, 0) is 24.7 Å². The van der Waals surface area contributed by atoms with Crippen LogP contribution < -0.4 is 0 Å². The van der Waals surface area contributed by atoms with Crippen molar-refractivity contribution in [1.29, 1.82) is 0 Å². The normalized spacial score (nSPS) is 48.4. The number of ether oxygens (including phenoxy) is 1. The summed E-state index contributed by atoms with van der Waals surface area (Å²) < 4.78 is 29.3. The molecule has 1 aromatic carbocycles. The third kappa shape index (κ3) is 0.951. The zero-order chi connectivity index (χ0) is 12.1. The van der Waals surface area contributed by atoms with Crippen molar-refractivity contribution in [2.24, 2.45) is 5.92 Å². The van der Waals surface area contributed by atoms with Crippen LogP contribution in [0.5, 0.6) is 0 Å². The monoisotopic (exact) mass is 290 g/mol. The number of benzene rings is 1. The molecule has 4 rings (SSSR count). The Bertz CT molecular complexity index is 644. The van der Waals surface area contributed by atoms with E-state index >= 15 is 0 Å². The molecule has 90 valence electrons. The Morgan fingerprint density at radius 3 is 2.35 bits per heavy atom. The summed E-state index contributed by atoms with van der Waals surface area (Å²) >= 11 is 12.9. The van der Waals surface area contributed by atoms with E-state index in [2.05, 4.69) is 0 Å². The highest BCUT2D eigenvalue weighted by Crippen LogP contribution is 2.70. The van der Waals surface area contributed by atoms with E-state index < -0.39 is 25.2 Å². The van der Waals surface area contributed by atoms with Gasteiger partial charge in [0, 0.05) is 17.0 Å². The fourth-order valence-electron chi connectivity index (χ4n) is 3.25. The zero-order valence-corrected chi connectivity index (χ0v) is 10.9. The van der Waals surface area contributed by atoms with Gasteiger partial charge in [-0.15, -0.1) is 0 Å². The molecule has 0 spiro atoms. The second kappa shape index (κ2) is 2.67. The van der Waals surface area contributed by atoms with Crippen LogP contribution in [0.25, 0.3) is 0 Å². The Morgan fingerprint density at radius 1 is 1.18 bits per heavy atom. The molecule has 0 amide bonds. The molecule has 3 aliphatic rings. The van der Waals surface area contributed by atoms with E-state index in [9.17, 15) is 8.42 Å². The lowest BCUT2D eigenvalue weighted by Crippen LogP contribution is -2.57. The van der Waals surface area contributed by atoms with Crippen molar-refractivity contribution in [3.63, 3.8) is 0 Å². The van der Waals surface area contributed by atoms with Crippen molar-refractivity contribution in [3.05, 3.63) is 35.4 Å². The smallest absolute Gasteiger partial charge is 0.187 e.